The molecular formula is C27H36O3Si. The Hall–Kier alpha value is -2.46. The van der Waals surface area contributed by atoms with E-state index in [4.69, 9.17) is 13.9 Å². The molecular weight excluding hydrogens is 400 g/mol. The Morgan fingerprint density at radius 3 is 1.81 bits per heavy atom. The second kappa shape index (κ2) is 9.35. The maximum absolute atomic E-state index is 7.19. The maximum Gasteiger partial charge on any atom is 0.258 e. The lowest BCUT2D eigenvalue weighted by molar-refractivity contribution is 0.414. The summed E-state index contributed by atoms with van der Waals surface area (Å²) in [6.07, 6.45) is 0. The number of benzene rings is 3. The van der Waals surface area contributed by atoms with E-state index in [1.54, 1.807) is 14.2 Å². The van der Waals surface area contributed by atoms with Crippen LogP contribution in [0.5, 0.6) is 17.2 Å². The van der Waals surface area contributed by atoms with Crippen LogP contribution in [0.15, 0.2) is 54.6 Å². The summed E-state index contributed by atoms with van der Waals surface area (Å²) in [5, 5.41) is 2.08. The summed E-state index contributed by atoms with van der Waals surface area (Å²) in [6, 6.07) is 18.7. The van der Waals surface area contributed by atoms with Crippen molar-refractivity contribution in [1.82, 2.24) is 0 Å². The Morgan fingerprint density at radius 1 is 0.677 bits per heavy atom. The molecule has 0 aliphatic heterocycles. The minimum atomic E-state index is -2.15. The molecule has 0 radical (unpaired) electrons. The van der Waals surface area contributed by atoms with Crippen molar-refractivity contribution < 1.29 is 13.9 Å². The first-order valence-electron chi connectivity index (χ1n) is 11.2. The zero-order valence-corrected chi connectivity index (χ0v) is 21.2. The van der Waals surface area contributed by atoms with Gasteiger partial charge in [0, 0.05) is 16.3 Å². The summed E-state index contributed by atoms with van der Waals surface area (Å²) < 4.78 is 18.7. The Morgan fingerprint density at radius 2 is 1.29 bits per heavy atom. The van der Waals surface area contributed by atoms with Gasteiger partial charge in [-0.05, 0) is 46.5 Å². The Bertz CT molecular complexity index is 1000. The first-order valence-corrected chi connectivity index (χ1v) is 13.3. The third-order valence-electron chi connectivity index (χ3n) is 6.54. The molecule has 0 spiro atoms. The third kappa shape index (κ3) is 4.18. The second-order valence-electron chi connectivity index (χ2n) is 9.15. The molecule has 0 atom stereocenters. The number of fused-ring (bicyclic) bond motifs is 1. The van der Waals surface area contributed by atoms with Crippen LogP contribution in [0.3, 0.4) is 0 Å². The molecule has 3 rings (SSSR count). The molecule has 0 heterocycles. The molecule has 0 unspecified atom stereocenters. The van der Waals surface area contributed by atoms with Gasteiger partial charge in [-0.1, -0.05) is 71.9 Å². The van der Waals surface area contributed by atoms with E-state index >= 15 is 0 Å². The van der Waals surface area contributed by atoms with Crippen molar-refractivity contribution in [3.05, 3.63) is 54.6 Å². The predicted octanol–water partition coefficient (Wildman–Crippen LogP) is 8.08. The lowest BCUT2D eigenvalue weighted by Crippen LogP contribution is -2.50. The molecule has 3 aromatic rings. The number of methoxy groups -OCH3 is 2. The van der Waals surface area contributed by atoms with Gasteiger partial charge in [-0.25, -0.2) is 0 Å². The first kappa shape index (κ1) is 23.2. The fourth-order valence-corrected chi connectivity index (χ4v) is 10.4. The number of hydrogen-bond acceptors (Lipinski definition) is 3. The molecule has 3 nitrogen and oxygen atoms in total. The van der Waals surface area contributed by atoms with Crippen molar-refractivity contribution in [1.29, 1.82) is 0 Å². The van der Waals surface area contributed by atoms with Gasteiger partial charge in [0.2, 0.25) is 0 Å². The van der Waals surface area contributed by atoms with E-state index < -0.39 is 8.32 Å². The average molecular weight is 437 g/mol. The van der Waals surface area contributed by atoms with Crippen molar-refractivity contribution >= 4 is 19.1 Å². The molecule has 4 heteroatoms. The SMILES string of the molecule is COc1ccc2c(OC)c(-c3ccccc3)cc(O[Si](C(C)C)(C(C)C)C(C)C)c2c1. The highest BCUT2D eigenvalue weighted by Gasteiger charge is 2.47. The van der Waals surface area contributed by atoms with Crippen molar-refractivity contribution in [3.63, 3.8) is 0 Å². The first-order chi connectivity index (χ1) is 14.8. The predicted molar refractivity (Wildman–Crippen MR) is 134 cm³/mol. The topological polar surface area (TPSA) is 27.7 Å². The van der Waals surface area contributed by atoms with E-state index in [1.807, 2.05) is 12.1 Å². The quantitative estimate of drug-likeness (QED) is 0.334. The van der Waals surface area contributed by atoms with Crippen molar-refractivity contribution in [2.75, 3.05) is 14.2 Å². The lowest BCUT2D eigenvalue weighted by Gasteiger charge is -2.42. The monoisotopic (exact) mass is 436 g/mol. The van der Waals surface area contributed by atoms with Crippen molar-refractivity contribution in [2.24, 2.45) is 0 Å². The lowest BCUT2D eigenvalue weighted by atomic mass is 9.98. The second-order valence-corrected chi connectivity index (χ2v) is 14.5. The molecule has 0 N–H and O–H groups in total. The van der Waals surface area contributed by atoms with Gasteiger partial charge in [0.05, 0.1) is 14.2 Å². The minimum Gasteiger partial charge on any atom is -0.542 e. The van der Waals surface area contributed by atoms with Crippen LogP contribution in [-0.4, -0.2) is 22.5 Å². The maximum atomic E-state index is 7.19. The number of hydrogen-bond donors (Lipinski definition) is 0. The Labute approximate surface area is 188 Å². The van der Waals surface area contributed by atoms with Crippen molar-refractivity contribution in [3.8, 4) is 28.4 Å². The molecule has 0 aromatic heterocycles. The van der Waals surface area contributed by atoms with Gasteiger partial charge in [-0.15, -0.1) is 0 Å². The molecule has 31 heavy (non-hydrogen) atoms. The van der Waals surface area contributed by atoms with Gasteiger partial charge in [0.15, 0.2) is 0 Å². The Kier molecular flexibility index (Phi) is 7.00. The van der Waals surface area contributed by atoms with Crippen LogP contribution >= 0.6 is 0 Å². The average Bonchev–Trinajstić information content (AvgIpc) is 2.76. The van der Waals surface area contributed by atoms with E-state index in [0.29, 0.717) is 16.6 Å². The molecule has 0 saturated heterocycles. The summed E-state index contributed by atoms with van der Waals surface area (Å²) in [7, 11) is 1.29. The molecule has 0 saturated carbocycles. The van der Waals surface area contributed by atoms with Crippen LogP contribution in [-0.2, 0) is 0 Å². The number of ether oxygens (including phenoxy) is 2. The van der Waals surface area contributed by atoms with Gasteiger partial charge >= 0.3 is 0 Å². The molecule has 166 valence electrons. The fourth-order valence-electron chi connectivity index (χ4n) is 5.15. The van der Waals surface area contributed by atoms with Gasteiger partial charge < -0.3 is 13.9 Å². The number of rotatable bonds is 8. The van der Waals surface area contributed by atoms with Crippen LogP contribution in [0.2, 0.25) is 16.6 Å². The summed E-state index contributed by atoms with van der Waals surface area (Å²) >= 11 is 0. The third-order valence-corrected chi connectivity index (χ3v) is 12.5. The van der Waals surface area contributed by atoms with Crippen LogP contribution in [0.1, 0.15) is 41.5 Å². The largest absolute Gasteiger partial charge is 0.542 e. The van der Waals surface area contributed by atoms with E-state index in [0.717, 1.165) is 39.1 Å². The van der Waals surface area contributed by atoms with Crippen LogP contribution in [0.4, 0.5) is 0 Å². The smallest absolute Gasteiger partial charge is 0.258 e. The minimum absolute atomic E-state index is 0.482. The van der Waals surface area contributed by atoms with E-state index in [1.165, 1.54) is 0 Å². The van der Waals surface area contributed by atoms with E-state index in [-0.39, 0.29) is 0 Å². The summed E-state index contributed by atoms with van der Waals surface area (Å²) in [4.78, 5) is 0. The van der Waals surface area contributed by atoms with Crippen LogP contribution in [0, 0.1) is 0 Å². The molecule has 3 aromatic carbocycles. The molecule has 0 amide bonds. The van der Waals surface area contributed by atoms with Gasteiger partial charge in [0.25, 0.3) is 8.32 Å². The Balaban J connectivity index is 2.36. The highest BCUT2D eigenvalue weighted by molar-refractivity contribution is 6.78. The van der Waals surface area contributed by atoms with Crippen LogP contribution < -0.4 is 13.9 Å². The molecule has 0 bridgehead atoms. The van der Waals surface area contributed by atoms with Gasteiger partial charge in [-0.3, -0.25) is 0 Å². The highest BCUT2D eigenvalue weighted by Crippen LogP contribution is 2.48. The van der Waals surface area contributed by atoms with Gasteiger partial charge in [-0.2, -0.15) is 0 Å². The summed E-state index contributed by atoms with van der Waals surface area (Å²) in [5.41, 5.74) is 3.61. The van der Waals surface area contributed by atoms with E-state index in [2.05, 4.69) is 84.0 Å². The van der Waals surface area contributed by atoms with Crippen molar-refractivity contribution in [2.45, 2.75) is 58.2 Å². The molecule has 0 aliphatic carbocycles. The van der Waals surface area contributed by atoms with Crippen LogP contribution in [0.25, 0.3) is 21.9 Å². The summed E-state index contributed by atoms with van der Waals surface area (Å²) in [6.45, 7) is 13.9. The fraction of sp³-hybridized carbons (Fsp3) is 0.407. The highest BCUT2D eigenvalue weighted by atomic mass is 28.4. The van der Waals surface area contributed by atoms with E-state index in [9.17, 15) is 0 Å². The normalized spacial score (nSPS) is 12.1. The summed E-state index contributed by atoms with van der Waals surface area (Å²) in [5.74, 6) is 2.61. The zero-order valence-electron chi connectivity index (χ0n) is 20.2. The zero-order chi connectivity index (χ0) is 22.8. The van der Waals surface area contributed by atoms with Gasteiger partial charge in [0.1, 0.15) is 17.2 Å². The molecule has 0 fully saturated rings. The standard InChI is InChI=1S/C27H36O3Si/c1-18(2)31(19(3)4,20(5)6)30-26-17-24(21-12-10-9-11-13-21)27(29-8)23-15-14-22(28-7)16-25(23)26/h9-20H,1-8H3. The molecule has 0 aliphatic rings.